The smallest absolute Gasteiger partial charge is 0.175 e. The van der Waals surface area contributed by atoms with Gasteiger partial charge in [0, 0.05) is 34.0 Å². The van der Waals surface area contributed by atoms with Gasteiger partial charge in [-0.2, -0.15) is 0 Å². The van der Waals surface area contributed by atoms with Gasteiger partial charge in [-0.1, -0.05) is 35.9 Å². The molecule has 0 atom stereocenters. The van der Waals surface area contributed by atoms with Crippen molar-refractivity contribution in [3.63, 3.8) is 0 Å². The van der Waals surface area contributed by atoms with Crippen molar-refractivity contribution >= 4 is 32.8 Å². The molecule has 0 saturated heterocycles. The molecule has 4 nitrogen and oxygen atoms in total. The Bertz CT molecular complexity index is 1320. The fraction of sp³-hybridized carbons (Fsp3) is 0.0870. The second-order valence-electron chi connectivity index (χ2n) is 6.83. The van der Waals surface area contributed by atoms with E-state index < -0.39 is 9.84 Å². The fourth-order valence-electron chi connectivity index (χ4n) is 3.31. The Morgan fingerprint density at radius 3 is 2.52 bits per heavy atom. The number of sulfone groups is 1. The van der Waals surface area contributed by atoms with E-state index in [1.54, 1.807) is 54.7 Å². The van der Waals surface area contributed by atoms with Crippen LogP contribution in [-0.2, 0) is 16.4 Å². The molecule has 158 valence electrons. The van der Waals surface area contributed by atoms with E-state index >= 15 is 0 Å². The van der Waals surface area contributed by atoms with Crippen LogP contribution in [0.1, 0.15) is 5.56 Å². The second-order valence-corrected chi connectivity index (χ2v) is 10.1. The van der Waals surface area contributed by atoms with Crippen LogP contribution in [0.15, 0.2) is 77.1 Å². The molecule has 1 heterocycles. The Kier molecular flexibility index (Phi) is 6.09. The van der Waals surface area contributed by atoms with Crippen LogP contribution < -0.4 is 4.74 Å². The highest BCUT2D eigenvalue weighted by Crippen LogP contribution is 2.39. The van der Waals surface area contributed by atoms with Crippen LogP contribution in [0.2, 0.25) is 5.02 Å². The lowest BCUT2D eigenvalue weighted by molar-refractivity contribution is 0.303. The van der Waals surface area contributed by atoms with Crippen LogP contribution in [0.3, 0.4) is 0 Å². The van der Waals surface area contributed by atoms with Crippen molar-refractivity contribution in [2.24, 2.45) is 0 Å². The van der Waals surface area contributed by atoms with E-state index in [0.29, 0.717) is 27.5 Å². The number of rotatable bonds is 6. The zero-order valence-electron chi connectivity index (χ0n) is 16.4. The highest BCUT2D eigenvalue weighted by atomic mass is 35.5. The van der Waals surface area contributed by atoms with Crippen molar-refractivity contribution in [2.75, 3.05) is 6.26 Å². The van der Waals surface area contributed by atoms with E-state index in [-0.39, 0.29) is 17.3 Å². The first-order valence-electron chi connectivity index (χ1n) is 9.23. The first-order chi connectivity index (χ1) is 14.8. The van der Waals surface area contributed by atoms with Crippen molar-refractivity contribution in [1.29, 1.82) is 0 Å². The molecule has 0 aliphatic heterocycles. The molecule has 0 unspecified atom stereocenters. The highest BCUT2D eigenvalue weighted by Gasteiger charge is 2.23. The number of nitrogens with zero attached hydrogens (tertiary/aromatic N) is 1. The number of hydrogen-bond acceptors (Lipinski definition) is 5. The van der Waals surface area contributed by atoms with Crippen molar-refractivity contribution in [3.05, 3.63) is 88.6 Å². The Morgan fingerprint density at radius 2 is 1.87 bits per heavy atom. The molecule has 0 bridgehead atoms. The van der Waals surface area contributed by atoms with Crippen molar-refractivity contribution in [2.45, 2.75) is 11.5 Å². The predicted molar refractivity (Wildman–Crippen MR) is 122 cm³/mol. The fourth-order valence-corrected chi connectivity index (χ4v) is 5.09. The molecule has 31 heavy (non-hydrogen) atoms. The maximum Gasteiger partial charge on any atom is 0.175 e. The SMILES string of the molecule is CS(=O)(=O)c1ccc(-c2nccs2)c(-c2ccc(F)cc2)c1COc1cccc(Cl)c1. The van der Waals surface area contributed by atoms with Gasteiger partial charge in [0.1, 0.15) is 23.2 Å². The zero-order chi connectivity index (χ0) is 22.0. The summed E-state index contributed by atoms with van der Waals surface area (Å²) in [4.78, 5) is 4.54. The molecule has 0 radical (unpaired) electrons. The molecule has 0 spiro atoms. The number of benzene rings is 3. The first-order valence-corrected chi connectivity index (χ1v) is 12.4. The molecule has 0 aliphatic rings. The quantitative estimate of drug-likeness (QED) is 0.332. The predicted octanol–water partition coefficient (Wildman–Crippen LogP) is 6.25. The van der Waals surface area contributed by atoms with Gasteiger partial charge in [0.2, 0.25) is 0 Å². The van der Waals surface area contributed by atoms with E-state index in [1.165, 1.54) is 23.5 Å². The minimum absolute atomic E-state index is 0.0192. The van der Waals surface area contributed by atoms with Crippen molar-refractivity contribution in [3.8, 4) is 27.4 Å². The molecule has 0 N–H and O–H groups in total. The summed E-state index contributed by atoms with van der Waals surface area (Å²) in [5.74, 6) is 0.132. The lowest BCUT2D eigenvalue weighted by atomic mass is 9.94. The van der Waals surface area contributed by atoms with Gasteiger partial charge in [-0.05, 0) is 47.5 Å². The van der Waals surface area contributed by atoms with E-state index in [0.717, 1.165) is 16.8 Å². The number of thiazole rings is 1. The summed E-state index contributed by atoms with van der Waals surface area (Å²) in [6.07, 6.45) is 2.84. The summed E-state index contributed by atoms with van der Waals surface area (Å²) in [6, 6.07) is 16.1. The molecule has 4 aromatic rings. The largest absolute Gasteiger partial charge is 0.489 e. The molecule has 1 aromatic heterocycles. The monoisotopic (exact) mass is 473 g/mol. The van der Waals surface area contributed by atoms with Crippen LogP contribution >= 0.6 is 22.9 Å². The van der Waals surface area contributed by atoms with E-state index in [1.807, 2.05) is 5.38 Å². The molecule has 0 fully saturated rings. The van der Waals surface area contributed by atoms with Gasteiger partial charge in [0.15, 0.2) is 9.84 Å². The van der Waals surface area contributed by atoms with Gasteiger partial charge < -0.3 is 4.74 Å². The minimum Gasteiger partial charge on any atom is -0.489 e. The van der Waals surface area contributed by atoms with E-state index in [2.05, 4.69) is 4.98 Å². The minimum atomic E-state index is -3.57. The third-order valence-electron chi connectivity index (χ3n) is 4.64. The van der Waals surface area contributed by atoms with Crippen LogP contribution in [0.5, 0.6) is 5.75 Å². The van der Waals surface area contributed by atoms with Gasteiger partial charge in [-0.15, -0.1) is 11.3 Å². The summed E-state index contributed by atoms with van der Waals surface area (Å²) in [5.41, 5.74) is 2.53. The van der Waals surface area contributed by atoms with Gasteiger partial charge >= 0.3 is 0 Å². The molecule has 0 saturated carbocycles. The molecular formula is C23H17ClFNO3S2. The Labute approximate surface area is 188 Å². The summed E-state index contributed by atoms with van der Waals surface area (Å²) in [5, 5.41) is 3.08. The third-order valence-corrected chi connectivity index (χ3v) is 6.87. The Morgan fingerprint density at radius 1 is 1.10 bits per heavy atom. The first kappa shape index (κ1) is 21.5. The lowest BCUT2D eigenvalue weighted by Crippen LogP contribution is -2.08. The molecule has 8 heteroatoms. The molecule has 3 aromatic carbocycles. The maximum absolute atomic E-state index is 13.6. The number of aromatic nitrogens is 1. The molecule has 4 rings (SSSR count). The van der Waals surface area contributed by atoms with Gasteiger partial charge in [0.05, 0.1) is 4.90 Å². The summed E-state index contributed by atoms with van der Waals surface area (Å²) in [6.45, 7) is -0.0192. The number of ether oxygens (including phenoxy) is 1. The maximum atomic E-state index is 13.6. The standard InChI is InChI=1S/C23H17ClFNO3S2/c1-31(27,28)21-10-9-19(23-26-11-12-30-23)22(15-5-7-17(25)8-6-15)20(21)14-29-18-4-2-3-16(24)13-18/h2-13H,14H2,1H3. The van der Waals surface area contributed by atoms with E-state index in [9.17, 15) is 12.8 Å². The number of hydrogen-bond donors (Lipinski definition) is 0. The van der Waals surface area contributed by atoms with Crippen molar-refractivity contribution < 1.29 is 17.5 Å². The molecular weight excluding hydrogens is 457 g/mol. The van der Waals surface area contributed by atoms with Gasteiger partial charge in [-0.25, -0.2) is 17.8 Å². The highest BCUT2D eigenvalue weighted by molar-refractivity contribution is 7.90. The summed E-state index contributed by atoms with van der Waals surface area (Å²) >= 11 is 7.48. The Hall–Kier alpha value is -2.74. The van der Waals surface area contributed by atoms with Crippen LogP contribution in [0.4, 0.5) is 4.39 Å². The molecule has 0 amide bonds. The van der Waals surface area contributed by atoms with Crippen LogP contribution in [-0.4, -0.2) is 19.7 Å². The van der Waals surface area contributed by atoms with Crippen molar-refractivity contribution in [1.82, 2.24) is 4.98 Å². The van der Waals surface area contributed by atoms with E-state index in [4.69, 9.17) is 16.3 Å². The zero-order valence-corrected chi connectivity index (χ0v) is 18.8. The van der Waals surface area contributed by atoms with Gasteiger partial charge in [-0.3, -0.25) is 0 Å². The average molecular weight is 474 g/mol. The molecule has 0 aliphatic carbocycles. The average Bonchev–Trinajstić information content (AvgIpc) is 3.26. The lowest BCUT2D eigenvalue weighted by Gasteiger charge is -2.18. The Balaban J connectivity index is 1.94. The summed E-state index contributed by atoms with van der Waals surface area (Å²) in [7, 11) is -3.57. The van der Waals surface area contributed by atoms with Crippen LogP contribution in [0.25, 0.3) is 21.7 Å². The van der Waals surface area contributed by atoms with Crippen LogP contribution in [0, 0.1) is 5.82 Å². The normalized spacial score (nSPS) is 11.5. The number of halogens is 2. The summed E-state index contributed by atoms with van der Waals surface area (Å²) < 4.78 is 44.7. The van der Waals surface area contributed by atoms with Gasteiger partial charge in [0.25, 0.3) is 0 Å². The third kappa shape index (κ3) is 4.79. The topological polar surface area (TPSA) is 56.3 Å². The second kappa shape index (κ2) is 8.78.